The molecule has 2 rings (SSSR count). The van der Waals surface area contributed by atoms with E-state index >= 15 is 0 Å². The van der Waals surface area contributed by atoms with Crippen LogP contribution in [0.1, 0.15) is 18.1 Å². The average Bonchev–Trinajstić information content (AvgIpc) is 2.95. The Hall–Kier alpha value is -1.50. The minimum absolute atomic E-state index is 0.148. The zero-order valence-corrected chi connectivity index (χ0v) is 12.4. The van der Waals surface area contributed by atoms with Crippen molar-refractivity contribution in [3.63, 3.8) is 0 Å². The van der Waals surface area contributed by atoms with E-state index in [4.69, 9.17) is 0 Å². The Bertz CT molecular complexity index is 559. The zero-order chi connectivity index (χ0) is 15.3. The van der Waals surface area contributed by atoms with Gasteiger partial charge in [-0.2, -0.15) is 20.1 Å². The van der Waals surface area contributed by atoms with Crippen LogP contribution in [0.4, 0.5) is 8.78 Å². The molecule has 1 unspecified atom stereocenters. The smallest absolute Gasteiger partial charge is 0.387 e. The van der Waals surface area contributed by atoms with Crippen LogP contribution in [0, 0.1) is 0 Å². The first-order valence-electron chi connectivity index (χ1n) is 6.47. The molecule has 0 aliphatic rings. The first-order chi connectivity index (χ1) is 9.99. The number of hydrogen-bond acceptors (Lipinski definition) is 4. The fourth-order valence-corrected chi connectivity index (χ4v) is 2.76. The van der Waals surface area contributed by atoms with Crippen molar-refractivity contribution in [3.8, 4) is 5.75 Å². The molecule has 1 heterocycles. The third kappa shape index (κ3) is 4.49. The van der Waals surface area contributed by atoms with Gasteiger partial charge in [-0.1, -0.05) is 18.2 Å². The summed E-state index contributed by atoms with van der Waals surface area (Å²) in [4.78, 5) is 0. The molecule has 114 valence electrons. The number of aliphatic hydroxyl groups is 1. The normalized spacial score (nSPS) is 14.1. The van der Waals surface area contributed by atoms with E-state index in [0.29, 0.717) is 18.7 Å². The minimum atomic E-state index is -2.85. The van der Waals surface area contributed by atoms with Gasteiger partial charge in [-0.25, -0.2) is 0 Å². The lowest BCUT2D eigenvalue weighted by molar-refractivity contribution is -0.0505. The Morgan fingerprint density at radius 1 is 1.33 bits per heavy atom. The molecule has 2 aromatic rings. The molecule has 0 aliphatic heterocycles. The van der Waals surface area contributed by atoms with Crippen LogP contribution >= 0.6 is 11.3 Å². The van der Waals surface area contributed by atoms with Gasteiger partial charge in [0.2, 0.25) is 0 Å². The lowest BCUT2D eigenvalue weighted by atomic mass is 9.99. The van der Waals surface area contributed by atoms with E-state index in [1.165, 1.54) is 17.4 Å². The lowest BCUT2D eigenvalue weighted by Crippen LogP contribution is -2.34. The summed E-state index contributed by atoms with van der Waals surface area (Å²) in [6, 6.07) is 8.47. The molecule has 0 amide bonds. The number of para-hydroxylation sites is 1. The second kappa shape index (κ2) is 6.98. The minimum Gasteiger partial charge on any atom is -0.434 e. The van der Waals surface area contributed by atoms with Gasteiger partial charge in [-0.05, 0) is 35.4 Å². The van der Waals surface area contributed by atoms with Gasteiger partial charge < -0.3 is 15.2 Å². The highest BCUT2D eigenvalue weighted by atomic mass is 32.1. The van der Waals surface area contributed by atoms with E-state index in [2.05, 4.69) is 10.1 Å². The molecule has 1 atom stereocenters. The summed E-state index contributed by atoms with van der Waals surface area (Å²) in [7, 11) is 0. The van der Waals surface area contributed by atoms with Gasteiger partial charge in [-0.3, -0.25) is 0 Å². The molecule has 0 saturated carbocycles. The predicted molar refractivity (Wildman–Crippen MR) is 78.7 cm³/mol. The first-order valence-corrected chi connectivity index (χ1v) is 7.42. The molecule has 3 nitrogen and oxygen atoms in total. The van der Waals surface area contributed by atoms with Crippen LogP contribution in [0.2, 0.25) is 0 Å². The monoisotopic (exact) mass is 313 g/mol. The summed E-state index contributed by atoms with van der Waals surface area (Å²) in [5.74, 6) is 0.148. The first kappa shape index (κ1) is 15.9. The van der Waals surface area contributed by atoms with Crippen LogP contribution in [0.25, 0.3) is 0 Å². The van der Waals surface area contributed by atoms with E-state index in [0.717, 1.165) is 5.56 Å². The molecule has 0 spiro atoms. The van der Waals surface area contributed by atoms with E-state index in [1.807, 2.05) is 16.8 Å². The maximum atomic E-state index is 12.3. The number of thiophene rings is 1. The molecule has 1 aromatic carbocycles. The van der Waals surface area contributed by atoms with Crippen molar-refractivity contribution in [2.45, 2.75) is 25.7 Å². The van der Waals surface area contributed by atoms with Gasteiger partial charge in [0.1, 0.15) is 5.75 Å². The molecule has 2 N–H and O–H groups in total. The third-order valence-electron chi connectivity index (χ3n) is 3.12. The maximum absolute atomic E-state index is 12.3. The Kier molecular flexibility index (Phi) is 5.27. The summed E-state index contributed by atoms with van der Waals surface area (Å²) in [6.07, 6.45) is 0. The van der Waals surface area contributed by atoms with Crippen molar-refractivity contribution in [3.05, 3.63) is 52.2 Å². The summed E-state index contributed by atoms with van der Waals surface area (Å²) >= 11 is 1.51. The molecule has 0 saturated heterocycles. The summed E-state index contributed by atoms with van der Waals surface area (Å²) < 4.78 is 29.1. The van der Waals surface area contributed by atoms with Crippen LogP contribution in [-0.4, -0.2) is 18.3 Å². The second-order valence-corrected chi connectivity index (χ2v) is 5.66. The molecule has 0 radical (unpaired) electrons. The zero-order valence-electron chi connectivity index (χ0n) is 11.6. The fraction of sp³-hybridized carbons (Fsp3) is 0.333. The molecule has 0 bridgehead atoms. The Labute approximate surface area is 126 Å². The fourth-order valence-electron chi connectivity index (χ4n) is 1.97. The maximum Gasteiger partial charge on any atom is 0.387 e. The SMILES string of the molecule is CC(O)(CNCc1ccccc1OC(F)F)c1ccsc1. The summed E-state index contributed by atoms with van der Waals surface area (Å²) in [6.45, 7) is -0.487. The predicted octanol–water partition coefficient (Wildman–Crippen LogP) is 3.35. The molecular weight excluding hydrogens is 296 g/mol. The summed E-state index contributed by atoms with van der Waals surface area (Å²) in [5, 5.41) is 17.2. The highest BCUT2D eigenvalue weighted by Crippen LogP contribution is 2.23. The van der Waals surface area contributed by atoms with Crippen LogP contribution in [-0.2, 0) is 12.1 Å². The van der Waals surface area contributed by atoms with Gasteiger partial charge in [-0.15, -0.1) is 0 Å². The number of nitrogens with one attached hydrogen (secondary N) is 1. The Balaban J connectivity index is 1.95. The topological polar surface area (TPSA) is 41.5 Å². The Morgan fingerprint density at radius 3 is 2.76 bits per heavy atom. The average molecular weight is 313 g/mol. The largest absolute Gasteiger partial charge is 0.434 e. The molecule has 0 aliphatic carbocycles. The number of benzene rings is 1. The van der Waals surface area contributed by atoms with Gasteiger partial charge >= 0.3 is 6.61 Å². The van der Waals surface area contributed by atoms with Crippen molar-refractivity contribution in [1.29, 1.82) is 0 Å². The van der Waals surface area contributed by atoms with E-state index < -0.39 is 12.2 Å². The molecule has 21 heavy (non-hydrogen) atoms. The van der Waals surface area contributed by atoms with Gasteiger partial charge in [0, 0.05) is 18.7 Å². The number of ether oxygens (including phenoxy) is 1. The lowest BCUT2D eigenvalue weighted by Gasteiger charge is -2.23. The van der Waals surface area contributed by atoms with E-state index in [9.17, 15) is 13.9 Å². The standard InChI is InChI=1S/C15H17F2NO2S/c1-15(19,12-6-7-21-9-12)10-18-8-11-4-2-3-5-13(11)20-14(16)17/h2-7,9,14,18-19H,8,10H2,1H3. The number of hydrogen-bond donors (Lipinski definition) is 2. The van der Waals surface area contributed by atoms with Gasteiger partial charge in [0.15, 0.2) is 0 Å². The van der Waals surface area contributed by atoms with Crippen LogP contribution in [0.5, 0.6) is 5.75 Å². The van der Waals surface area contributed by atoms with Crippen molar-refractivity contribution < 1.29 is 18.6 Å². The second-order valence-electron chi connectivity index (χ2n) is 4.88. The number of alkyl halides is 2. The quantitative estimate of drug-likeness (QED) is 0.824. The van der Waals surface area contributed by atoms with Crippen LogP contribution in [0.3, 0.4) is 0 Å². The molecule has 0 fully saturated rings. The van der Waals surface area contributed by atoms with E-state index in [1.54, 1.807) is 25.1 Å². The van der Waals surface area contributed by atoms with Gasteiger partial charge in [0.25, 0.3) is 0 Å². The van der Waals surface area contributed by atoms with E-state index in [-0.39, 0.29) is 5.75 Å². The highest BCUT2D eigenvalue weighted by molar-refractivity contribution is 7.08. The van der Waals surface area contributed by atoms with Crippen molar-refractivity contribution in [1.82, 2.24) is 5.32 Å². The summed E-state index contributed by atoms with van der Waals surface area (Å²) in [5.41, 5.74) is 0.453. The Morgan fingerprint density at radius 2 is 2.10 bits per heavy atom. The van der Waals surface area contributed by atoms with Crippen molar-refractivity contribution >= 4 is 11.3 Å². The third-order valence-corrected chi connectivity index (χ3v) is 3.80. The van der Waals surface area contributed by atoms with Gasteiger partial charge in [0.05, 0.1) is 5.60 Å². The highest BCUT2D eigenvalue weighted by Gasteiger charge is 2.23. The molecular formula is C15H17F2NO2S. The molecule has 1 aromatic heterocycles. The number of halogens is 2. The van der Waals surface area contributed by atoms with Crippen LogP contribution < -0.4 is 10.1 Å². The van der Waals surface area contributed by atoms with Crippen molar-refractivity contribution in [2.24, 2.45) is 0 Å². The van der Waals surface area contributed by atoms with Crippen LogP contribution in [0.15, 0.2) is 41.1 Å². The van der Waals surface area contributed by atoms with Crippen molar-refractivity contribution in [2.75, 3.05) is 6.54 Å². The molecule has 6 heteroatoms. The number of rotatable bonds is 7.